The number of carbonyl (C=O) groups is 1. The average molecular weight is 428 g/mol. The van der Waals surface area contributed by atoms with Crippen LogP contribution >= 0.6 is 0 Å². The van der Waals surface area contributed by atoms with Crippen molar-refractivity contribution >= 4 is 31.1 Å². The summed E-state index contributed by atoms with van der Waals surface area (Å²) in [5, 5.41) is 2.98. The lowest BCUT2D eigenvalue weighted by atomic mass is 10.1. The molecule has 0 fully saturated rings. The number of benzene rings is 2. The van der Waals surface area contributed by atoms with E-state index in [0.717, 1.165) is 6.04 Å². The van der Waals surface area contributed by atoms with Crippen LogP contribution in [0.4, 0.5) is 10.1 Å². The van der Waals surface area contributed by atoms with E-state index in [1.807, 2.05) is 0 Å². The molecule has 3 rings (SSSR count). The highest BCUT2D eigenvalue weighted by Crippen LogP contribution is 2.27. The minimum absolute atomic E-state index is 0.0246. The van der Waals surface area contributed by atoms with Crippen LogP contribution in [0.1, 0.15) is 10.4 Å². The lowest BCUT2D eigenvalue weighted by Crippen LogP contribution is -2.27. The van der Waals surface area contributed by atoms with E-state index in [2.05, 4.69) is 29.8 Å². The Kier molecular flexibility index (Phi) is 6.33. The molecule has 0 aliphatic rings. The van der Waals surface area contributed by atoms with Crippen LogP contribution < -0.4 is 5.56 Å². The summed E-state index contributed by atoms with van der Waals surface area (Å²) in [6.07, 6.45) is 0.371. The standard InChI is InChI=1S/C21H22FN3O4Si/c1-30(2,3)11-10-29-13-25-17-9-5-8-16(24-28)20(17)23-19(21(25)27)15-7-4-6-14(12-26)18(15)22/h4-9,12H,10-11,13H2,1-3H3. The van der Waals surface area contributed by atoms with Crippen LogP contribution in [0.3, 0.4) is 0 Å². The Bertz CT molecular complexity index is 1170. The van der Waals surface area contributed by atoms with Gasteiger partial charge in [-0.1, -0.05) is 31.8 Å². The molecule has 1 heterocycles. The molecule has 0 bridgehead atoms. The van der Waals surface area contributed by atoms with Crippen molar-refractivity contribution in [1.29, 1.82) is 0 Å². The fraction of sp³-hybridized carbons (Fsp3) is 0.286. The zero-order valence-electron chi connectivity index (χ0n) is 17.0. The van der Waals surface area contributed by atoms with Crippen LogP contribution in [-0.2, 0) is 11.5 Å². The summed E-state index contributed by atoms with van der Waals surface area (Å²) in [6, 6.07) is 9.73. The maximum absolute atomic E-state index is 14.8. The van der Waals surface area contributed by atoms with Gasteiger partial charge in [0.15, 0.2) is 6.29 Å². The molecule has 30 heavy (non-hydrogen) atoms. The number of ether oxygens (including phenoxy) is 1. The lowest BCUT2D eigenvalue weighted by Gasteiger charge is -2.17. The van der Waals surface area contributed by atoms with Gasteiger partial charge in [0.05, 0.1) is 11.1 Å². The first-order valence-electron chi connectivity index (χ1n) is 9.45. The van der Waals surface area contributed by atoms with Crippen molar-refractivity contribution in [2.24, 2.45) is 5.18 Å². The second-order valence-electron chi connectivity index (χ2n) is 8.10. The normalized spacial score (nSPS) is 11.6. The molecule has 0 spiro atoms. The van der Waals surface area contributed by atoms with E-state index in [1.54, 1.807) is 12.1 Å². The summed E-state index contributed by atoms with van der Waals surface area (Å²) in [5.74, 6) is -0.848. The van der Waals surface area contributed by atoms with Gasteiger partial charge in [0.2, 0.25) is 0 Å². The number of carbonyl (C=O) groups excluding carboxylic acids is 1. The van der Waals surface area contributed by atoms with Gasteiger partial charge in [0, 0.05) is 20.2 Å². The van der Waals surface area contributed by atoms with Crippen molar-refractivity contribution in [2.45, 2.75) is 32.4 Å². The van der Waals surface area contributed by atoms with Gasteiger partial charge < -0.3 is 4.74 Å². The SMILES string of the molecule is C[Si](C)(C)CCOCn1c(=O)c(-c2cccc(C=O)c2F)nc2c(N=O)cccc21. The van der Waals surface area contributed by atoms with Crippen molar-refractivity contribution < 1.29 is 13.9 Å². The number of halogens is 1. The first-order valence-corrected chi connectivity index (χ1v) is 13.2. The monoisotopic (exact) mass is 427 g/mol. The first kappa shape index (κ1) is 21.7. The predicted molar refractivity (Wildman–Crippen MR) is 116 cm³/mol. The first-order chi connectivity index (χ1) is 14.3. The highest BCUT2D eigenvalue weighted by atomic mass is 28.3. The van der Waals surface area contributed by atoms with Gasteiger partial charge in [-0.25, -0.2) is 9.37 Å². The molecule has 0 aliphatic heterocycles. The Morgan fingerprint density at radius 2 is 1.93 bits per heavy atom. The molecular formula is C21H22FN3O4Si. The summed E-state index contributed by atoms with van der Waals surface area (Å²) in [7, 11) is -1.32. The fourth-order valence-corrected chi connectivity index (χ4v) is 3.74. The molecule has 0 N–H and O–H groups in total. The number of nitroso groups, excluding NO2 is 1. The molecule has 0 saturated carbocycles. The molecule has 1 aromatic heterocycles. The van der Waals surface area contributed by atoms with Gasteiger partial charge in [-0.05, 0) is 35.5 Å². The van der Waals surface area contributed by atoms with E-state index in [0.29, 0.717) is 18.4 Å². The van der Waals surface area contributed by atoms with Crippen LogP contribution in [0.2, 0.25) is 25.7 Å². The lowest BCUT2D eigenvalue weighted by molar-refractivity contribution is 0.0878. The van der Waals surface area contributed by atoms with Gasteiger partial charge in [-0.3, -0.25) is 14.2 Å². The minimum atomic E-state index is -1.32. The Hall–Kier alpha value is -3.04. The Balaban J connectivity index is 2.17. The largest absolute Gasteiger partial charge is 0.361 e. The number of fused-ring (bicyclic) bond motifs is 1. The van der Waals surface area contributed by atoms with E-state index >= 15 is 0 Å². The number of rotatable bonds is 8. The molecule has 7 nitrogen and oxygen atoms in total. The fourth-order valence-electron chi connectivity index (χ4n) is 2.98. The molecule has 2 aromatic carbocycles. The zero-order valence-corrected chi connectivity index (χ0v) is 18.0. The summed E-state index contributed by atoms with van der Waals surface area (Å²) in [4.78, 5) is 39.8. The molecule has 9 heteroatoms. The van der Waals surface area contributed by atoms with Crippen molar-refractivity contribution in [3.63, 3.8) is 0 Å². The van der Waals surface area contributed by atoms with Crippen molar-refractivity contribution in [3.8, 4) is 11.3 Å². The Morgan fingerprint density at radius 3 is 2.60 bits per heavy atom. The molecule has 156 valence electrons. The molecule has 3 aromatic rings. The topological polar surface area (TPSA) is 90.6 Å². The number of para-hydroxylation sites is 1. The number of nitrogens with zero attached hydrogens (tertiary/aromatic N) is 3. The van der Waals surface area contributed by atoms with Crippen LogP contribution in [-0.4, -0.2) is 30.5 Å². The summed E-state index contributed by atoms with van der Waals surface area (Å²) >= 11 is 0. The van der Waals surface area contributed by atoms with E-state index in [1.165, 1.54) is 28.8 Å². The van der Waals surface area contributed by atoms with Crippen molar-refractivity contribution in [2.75, 3.05) is 6.61 Å². The van der Waals surface area contributed by atoms with Crippen LogP contribution in [0.5, 0.6) is 0 Å². The maximum Gasteiger partial charge on any atom is 0.279 e. The van der Waals surface area contributed by atoms with Gasteiger partial charge in [-0.15, -0.1) is 4.91 Å². The number of hydrogen-bond acceptors (Lipinski definition) is 6. The van der Waals surface area contributed by atoms with E-state index in [9.17, 15) is 18.9 Å². The molecule has 0 unspecified atom stereocenters. The van der Waals surface area contributed by atoms with E-state index in [-0.39, 0.29) is 34.8 Å². The molecular weight excluding hydrogens is 405 g/mol. The molecule has 0 atom stereocenters. The Labute approximate surface area is 173 Å². The second kappa shape index (κ2) is 8.76. The Morgan fingerprint density at radius 1 is 1.20 bits per heavy atom. The van der Waals surface area contributed by atoms with Crippen LogP contribution in [0.15, 0.2) is 46.4 Å². The summed E-state index contributed by atoms with van der Waals surface area (Å²) in [6.45, 7) is 7.04. The minimum Gasteiger partial charge on any atom is -0.361 e. The summed E-state index contributed by atoms with van der Waals surface area (Å²) < 4.78 is 21.8. The highest BCUT2D eigenvalue weighted by molar-refractivity contribution is 6.76. The van der Waals surface area contributed by atoms with Gasteiger partial charge in [0.1, 0.15) is 29.4 Å². The third kappa shape index (κ3) is 4.42. The average Bonchev–Trinajstić information content (AvgIpc) is 2.71. The second-order valence-corrected chi connectivity index (χ2v) is 13.7. The third-order valence-corrected chi connectivity index (χ3v) is 6.39. The zero-order chi connectivity index (χ0) is 21.9. The van der Waals surface area contributed by atoms with Gasteiger partial charge in [0.25, 0.3) is 5.56 Å². The van der Waals surface area contributed by atoms with Crippen LogP contribution in [0.25, 0.3) is 22.3 Å². The molecule has 0 amide bonds. The summed E-state index contributed by atoms with van der Waals surface area (Å²) in [5.41, 5.74) is -0.560. The van der Waals surface area contributed by atoms with E-state index < -0.39 is 19.5 Å². The third-order valence-electron chi connectivity index (χ3n) is 4.68. The molecule has 0 aliphatic carbocycles. The van der Waals surface area contributed by atoms with Crippen molar-refractivity contribution in [3.05, 3.63) is 63.0 Å². The molecule has 0 saturated heterocycles. The number of aldehydes is 1. The number of hydrogen-bond donors (Lipinski definition) is 0. The maximum atomic E-state index is 14.8. The highest BCUT2D eigenvalue weighted by Gasteiger charge is 2.20. The van der Waals surface area contributed by atoms with Gasteiger partial charge >= 0.3 is 0 Å². The van der Waals surface area contributed by atoms with Crippen molar-refractivity contribution in [1.82, 2.24) is 9.55 Å². The number of aromatic nitrogens is 2. The smallest absolute Gasteiger partial charge is 0.279 e. The quantitative estimate of drug-likeness (QED) is 0.224. The predicted octanol–water partition coefficient (Wildman–Crippen LogP) is 4.73. The molecule has 0 radical (unpaired) electrons. The van der Waals surface area contributed by atoms with Gasteiger partial charge in [-0.2, -0.15) is 0 Å². The van der Waals surface area contributed by atoms with Crippen LogP contribution in [0, 0.1) is 10.7 Å². The van der Waals surface area contributed by atoms with E-state index in [4.69, 9.17) is 4.74 Å².